The molecule has 5 nitrogen and oxygen atoms in total. The molecule has 0 aliphatic carbocycles. The van der Waals surface area contributed by atoms with Gasteiger partial charge in [-0.1, -0.05) is 36.4 Å². The van der Waals surface area contributed by atoms with E-state index in [4.69, 9.17) is 4.74 Å². The quantitative estimate of drug-likeness (QED) is 0.710. The molecule has 2 aliphatic rings. The molecule has 0 atom stereocenters. The van der Waals surface area contributed by atoms with Gasteiger partial charge in [-0.25, -0.2) is 4.79 Å². The van der Waals surface area contributed by atoms with Gasteiger partial charge in [0.15, 0.2) is 0 Å². The molecule has 2 aliphatic heterocycles. The first-order valence-electron chi connectivity index (χ1n) is 10.2. The molecule has 2 heterocycles. The summed E-state index contributed by atoms with van der Waals surface area (Å²) in [5.74, 6) is -0.0618. The maximum Gasteiger partial charge on any atom is 0.416 e. The number of carbonyl (C=O) groups excluding carboxylic acids is 2. The molecule has 1 spiro atoms. The van der Waals surface area contributed by atoms with Gasteiger partial charge in [-0.05, 0) is 30.2 Å². The first-order chi connectivity index (χ1) is 14.7. The van der Waals surface area contributed by atoms with Gasteiger partial charge in [0.25, 0.3) is 5.91 Å². The van der Waals surface area contributed by atoms with Gasteiger partial charge in [-0.2, -0.15) is 13.2 Å². The van der Waals surface area contributed by atoms with E-state index in [0.717, 1.165) is 11.6 Å². The van der Waals surface area contributed by atoms with Crippen LogP contribution in [0.1, 0.15) is 39.9 Å². The molecule has 2 fully saturated rings. The van der Waals surface area contributed by atoms with E-state index in [2.05, 4.69) is 0 Å². The van der Waals surface area contributed by atoms with E-state index < -0.39 is 23.4 Å². The van der Waals surface area contributed by atoms with Gasteiger partial charge in [-0.3, -0.25) is 9.69 Å². The van der Waals surface area contributed by atoms with Crippen LogP contribution in [0.3, 0.4) is 0 Å². The van der Waals surface area contributed by atoms with E-state index in [1.165, 1.54) is 23.1 Å². The van der Waals surface area contributed by atoms with Crippen molar-refractivity contribution in [2.24, 2.45) is 0 Å². The first-order valence-corrected chi connectivity index (χ1v) is 10.2. The highest BCUT2D eigenvalue weighted by molar-refractivity contribution is 5.95. The van der Waals surface area contributed by atoms with Crippen LogP contribution in [0.2, 0.25) is 0 Å². The number of benzene rings is 2. The summed E-state index contributed by atoms with van der Waals surface area (Å²) in [6.07, 6.45) is -4.20. The zero-order valence-electron chi connectivity index (χ0n) is 17.1. The summed E-state index contributed by atoms with van der Waals surface area (Å²) >= 11 is 0. The minimum atomic E-state index is -4.49. The largest absolute Gasteiger partial charge is 0.441 e. The summed E-state index contributed by atoms with van der Waals surface area (Å²) in [5.41, 5.74) is 0.0626. The lowest BCUT2D eigenvalue weighted by atomic mass is 9.90. The van der Waals surface area contributed by atoms with E-state index in [1.807, 2.05) is 25.1 Å². The molecular formula is C23H23F3N2O3. The number of aryl methyl sites for hydroxylation is 1. The first kappa shape index (κ1) is 21.2. The van der Waals surface area contributed by atoms with Gasteiger partial charge in [0.2, 0.25) is 0 Å². The summed E-state index contributed by atoms with van der Waals surface area (Å²) < 4.78 is 45.5. The number of piperidine rings is 1. The van der Waals surface area contributed by atoms with Crippen LogP contribution in [0.4, 0.5) is 18.0 Å². The van der Waals surface area contributed by atoms with Crippen LogP contribution in [-0.2, 0) is 17.5 Å². The van der Waals surface area contributed by atoms with Gasteiger partial charge < -0.3 is 9.64 Å². The zero-order chi connectivity index (χ0) is 22.2. The number of amides is 2. The van der Waals surface area contributed by atoms with Gasteiger partial charge in [0, 0.05) is 38.0 Å². The normalized spacial score (nSPS) is 18.4. The second-order valence-corrected chi connectivity index (χ2v) is 8.17. The molecule has 164 valence electrons. The third kappa shape index (κ3) is 4.24. The Balaban J connectivity index is 1.43. The van der Waals surface area contributed by atoms with E-state index in [9.17, 15) is 22.8 Å². The number of hydrogen-bond acceptors (Lipinski definition) is 3. The number of ether oxygens (including phenoxy) is 1. The fourth-order valence-electron chi connectivity index (χ4n) is 4.32. The van der Waals surface area contributed by atoms with Crippen molar-refractivity contribution in [1.82, 2.24) is 9.80 Å². The Labute approximate surface area is 178 Å². The van der Waals surface area contributed by atoms with Gasteiger partial charge in [0.05, 0.1) is 12.1 Å². The molecular weight excluding hydrogens is 409 g/mol. The number of carbonyl (C=O) groups is 2. The summed E-state index contributed by atoms with van der Waals surface area (Å²) in [6.45, 7) is 2.78. The summed E-state index contributed by atoms with van der Waals surface area (Å²) in [5, 5.41) is 0. The second kappa shape index (κ2) is 7.90. The number of rotatable bonds is 3. The predicted octanol–water partition coefficient (Wildman–Crippen LogP) is 4.64. The zero-order valence-corrected chi connectivity index (χ0v) is 17.1. The van der Waals surface area contributed by atoms with Crippen LogP contribution in [0.25, 0.3) is 0 Å². The van der Waals surface area contributed by atoms with Crippen molar-refractivity contribution in [2.45, 2.75) is 38.1 Å². The van der Waals surface area contributed by atoms with Crippen molar-refractivity contribution in [3.8, 4) is 0 Å². The lowest BCUT2D eigenvalue weighted by molar-refractivity contribution is -0.138. The highest BCUT2D eigenvalue weighted by atomic mass is 19.4. The second-order valence-electron chi connectivity index (χ2n) is 8.17. The number of likely N-dealkylation sites (tertiary alicyclic amines) is 1. The standard InChI is InChI=1S/C23H23F3N2O3/c1-16-6-2-4-8-18(16)20(29)27-12-10-22(11-13-27)15-28(21(30)31-22)14-17-7-3-5-9-19(17)23(24,25)26/h2-9H,10-15H2,1H3. The van der Waals surface area contributed by atoms with Crippen molar-refractivity contribution in [3.63, 3.8) is 0 Å². The summed E-state index contributed by atoms with van der Waals surface area (Å²) in [4.78, 5) is 28.3. The number of alkyl halides is 3. The van der Waals surface area contributed by atoms with Crippen LogP contribution in [0, 0.1) is 6.92 Å². The van der Waals surface area contributed by atoms with Crippen molar-refractivity contribution >= 4 is 12.0 Å². The summed E-state index contributed by atoms with van der Waals surface area (Å²) in [6, 6.07) is 12.6. The molecule has 0 saturated carbocycles. The Morgan fingerprint density at radius 2 is 1.71 bits per heavy atom. The fourth-order valence-corrected chi connectivity index (χ4v) is 4.32. The average Bonchev–Trinajstić information content (AvgIpc) is 3.02. The Bertz CT molecular complexity index is 998. The Morgan fingerprint density at radius 3 is 2.39 bits per heavy atom. The molecule has 2 saturated heterocycles. The molecule has 0 radical (unpaired) electrons. The third-order valence-electron chi connectivity index (χ3n) is 6.06. The number of nitrogens with zero attached hydrogens (tertiary/aromatic N) is 2. The average molecular weight is 432 g/mol. The van der Waals surface area contributed by atoms with Crippen LogP contribution in [0.5, 0.6) is 0 Å². The van der Waals surface area contributed by atoms with Crippen LogP contribution >= 0.6 is 0 Å². The SMILES string of the molecule is Cc1ccccc1C(=O)N1CCC2(CC1)CN(Cc1ccccc1C(F)(F)F)C(=O)O2. The molecule has 31 heavy (non-hydrogen) atoms. The number of hydrogen-bond donors (Lipinski definition) is 0. The fraction of sp³-hybridized carbons (Fsp3) is 0.391. The van der Waals surface area contributed by atoms with Gasteiger partial charge in [0.1, 0.15) is 5.60 Å². The van der Waals surface area contributed by atoms with Crippen molar-refractivity contribution < 1.29 is 27.5 Å². The highest BCUT2D eigenvalue weighted by Gasteiger charge is 2.48. The third-order valence-corrected chi connectivity index (χ3v) is 6.06. The molecule has 2 amide bonds. The lowest BCUT2D eigenvalue weighted by Gasteiger charge is -2.37. The minimum Gasteiger partial charge on any atom is -0.441 e. The van der Waals surface area contributed by atoms with E-state index in [1.54, 1.807) is 11.0 Å². The Hall–Kier alpha value is -3.03. The van der Waals surface area contributed by atoms with Gasteiger partial charge >= 0.3 is 12.3 Å². The highest BCUT2D eigenvalue weighted by Crippen LogP contribution is 2.37. The van der Waals surface area contributed by atoms with Gasteiger partial charge in [-0.15, -0.1) is 0 Å². The molecule has 0 bridgehead atoms. The lowest BCUT2D eigenvalue weighted by Crippen LogP contribution is -2.48. The number of halogens is 3. The van der Waals surface area contributed by atoms with E-state index in [-0.39, 0.29) is 24.6 Å². The molecule has 4 rings (SSSR count). The van der Waals surface area contributed by atoms with Crippen molar-refractivity contribution in [2.75, 3.05) is 19.6 Å². The molecule has 8 heteroatoms. The van der Waals surface area contributed by atoms with Crippen molar-refractivity contribution in [3.05, 3.63) is 70.8 Å². The van der Waals surface area contributed by atoms with E-state index >= 15 is 0 Å². The molecule has 2 aromatic rings. The minimum absolute atomic E-state index is 0.0381. The molecule has 2 aromatic carbocycles. The van der Waals surface area contributed by atoms with Crippen LogP contribution in [-0.4, -0.2) is 47.0 Å². The molecule has 0 unspecified atom stereocenters. The Morgan fingerprint density at radius 1 is 1.06 bits per heavy atom. The van der Waals surface area contributed by atoms with Crippen LogP contribution in [0.15, 0.2) is 48.5 Å². The predicted molar refractivity (Wildman–Crippen MR) is 107 cm³/mol. The van der Waals surface area contributed by atoms with Crippen molar-refractivity contribution in [1.29, 1.82) is 0 Å². The maximum atomic E-state index is 13.3. The Kier molecular flexibility index (Phi) is 5.41. The van der Waals surface area contributed by atoms with Crippen LogP contribution < -0.4 is 0 Å². The topological polar surface area (TPSA) is 49.9 Å². The molecule has 0 aromatic heterocycles. The summed E-state index contributed by atoms with van der Waals surface area (Å²) in [7, 11) is 0. The smallest absolute Gasteiger partial charge is 0.416 e. The van der Waals surface area contributed by atoms with E-state index in [0.29, 0.717) is 31.5 Å². The maximum absolute atomic E-state index is 13.3. The monoisotopic (exact) mass is 432 g/mol. The molecule has 0 N–H and O–H groups in total.